The van der Waals surface area contributed by atoms with Crippen LogP contribution in [0.25, 0.3) is 0 Å². The van der Waals surface area contributed by atoms with E-state index >= 15 is 0 Å². The Morgan fingerprint density at radius 1 is 1.91 bits per heavy atom. The monoisotopic (exact) mass is 150 g/mol. The van der Waals surface area contributed by atoms with Crippen LogP contribution < -0.4 is 0 Å². The molecule has 0 spiro atoms. The van der Waals surface area contributed by atoms with Crippen LogP contribution >= 0.6 is 0 Å². The first-order valence-electron chi connectivity index (χ1n) is 2.97. The van der Waals surface area contributed by atoms with E-state index in [0.717, 1.165) is 0 Å². The van der Waals surface area contributed by atoms with Gasteiger partial charge in [0.2, 0.25) is 0 Å². The fourth-order valence-corrected chi connectivity index (χ4v) is 0.387. The van der Waals surface area contributed by atoms with Gasteiger partial charge in [0.15, 0.2) is 0 Å². The van der Waals surface area contributed by atoms with Crippen molar-refractivity contribution in [3.63, 3.8) is 0 Å². The molecule has 0 radical (unpaired) electrons. The molecule has 0 rings (SSSR count). The first-order valence-corrected chi connectivity index (χ1v) is 2.97. The van der Waals surface area contributed by atoms with Gasteiger partial charge in [-0.3, -0.25) is 0 Å². The van der Waals surface area contributed by atoms with Crippen molar-refractivity contribution in [1.82, 2.24) is 0 Å². The zero-order valence-corrected chi connectivity index (χ0v) is 6.29. The average molecular weight is 150 g/mol. The maximum absolute atomic E-state index is 12.2. The molecule has 0 aromatic carbocycles. The van der Waals surface area contributed by atoms with Crippen molar-refractivity contribution >= 4 is 25.2 Å². The Hall–Kier alpha value is -1.24. The molecule has 2 nitrogen and oxygen atoms in total. The summed E-state index contributed by atoms with van der Waals surface area (Å²) in [6.07, 6.45) is 4.39. The van der Waals surface area contributed by atoms with E-state index in [-0.39, 0.29) is 0 Å². The van der Waals surface area contributed by atoms with E-state index in [4.69, 9.17) is 6.42 Å². The van der Waals surface area contributed by atoms with Crippen LogP contribution in [-0.4, -0.2) is 38.6 Å². The first-order chi connectivity index (χ1) is 5.24. The van der Waals surface area contributed by atoms with Gasteiger partial charge in [-0.1, -0.05) is 0 Å². The minimum absolute atomic E-state index is 0.503. The summed E-state index contributed by atoms with van der Waals surface area (Å²) >= 11 is 0. The van der Waals surface area contributed by atoms with E-state index < -0.39 is 6.30 Å². The molecule has 0 aromatic heterocycles. The number of rotatable bonds is 3. The molecule has 4 heteroatoms. The van der Waals surface area contributed by atoms with E-state index in [1.165, 1.54) is 13.1 Å². The SMILES string of the molecule is C#CC(F)N=CC(B=C)=NC. The minimum atomic E-state index is -1.59. The number of terminal acetylenes is 1. The van der Waals surface area contributed by atoms with Gasteiger partial charge in [0.05, 0.1) is 0 Å². The number of hydrogen-bond acceptors (Lipinski definition) is 2. The van der Waals surface area contributed by atoms with Crippen LogP contribution in [0.15, 0.2) is 9.98 Å². The second-order valence-corrected chi connectivity index (χ2v) is 1.63. The van der Waals surface area contributed by atoms with Gasteiger partial charge in [-0.15, -0.1) is 0 Å². The molecule has 0 fully saturated rings. The summed E-state index contributed by atoms with van der Waals surface area (Å²) in [5, 5.41) is 0. The summed E-state index contributed by atoms with van der Waals surface area (Å²) in [4.78, 5) is 7.08. The summed E-state index contributed by atoms with van der Waals surface area (Å²) in [6, 6.07) is 0. The van der Waals surface area contributed by atoms with Crippen molar-refractivity contribution in [2.45, 2.75) is 6.30 Å². The number of nitrogens with zero attached hydrogens (tertiary/aromatic N) is 2. The molecule has 56 valence electrons. The van der Waals surface area contributed by atoms with Gasteiger partial charge in [-0.25, -0.2) is 0 Å². The molecule has 0 bridgehead atoms. The number of aliphatic imine (C=N–C) groups is 2. The van der Waals surface area contributed by atoms with Gasteiger partial charge in [-0.05, 0) is 0 Å². The average Bonchev–Trinajstić information content (AvgIpc) is 2.06. The van der Waals surface area contributed by atoms with E-state index in [0.29, 0.717) is 5.61 Å². The van der Waals surface area contributed by atoms with E-state index in [1.54, 1.807) is 7.05 Å². The van der Waals surface area contributed by atoms with Crippen molar-refractivity contribution in [1.29, 1.82) is 0 Å². The van der Waals surface area contributed by atoms with Crippen molar-refractivity contribution in [3.05, 3.63) is 0 Å². The summed E-state index contributed by atoms with van der Waals surface area (Å²) < 4.78 is 12.2. The van der Waals surface area contributed by atoms with E-state index in [1.807, 2.05) is 5.92 Å². The van der Waals surface area contributed by atoms with Crippen LogP contribution in [0.5, 0.6) is 0 Å². The van der Waals surface area contributed by atoms with Crippen molar-refractivity contribution < 1.29 is 4.39 Å². The molecular weight excluding hydrogens is 142 g/mol. The van der Waals surface area contributed by atoms with Gasteiger partial charge >= 0.3 is 65.3 Å². The molecule has 0 saturated heterocycles. The Labute approximate surface area is 66.2 Å². The number of halogens is 1. The fraction of sp³-hybridized carbons (Fsp3) is 0.286. The van der Waals surface area contributed by atoms with Gasteiger partial charge in [0.25, 0.3) is 0 Å². The molecule has 0 aliphatic rings. The topological polar surface area (TPSA) is 24.7 Å². The molecule has 1 unspecified atom stereocenters. The van der Waals surface area contributed by atoms with Crippen molar-refractivity contribution in [2.24, 2.45) is 9.98 Å². The molecule has 0 saturated carbocycles. The molecule has 0 aliphatic carbocycles. The van der Waals surface area contributed by atoms with Crippen LogP contribution in [0.2, 0.25) is 0 Å². The zero-order chi connectivity index (χ0) is 8.69. The Bertz CT molecular complexity index is 227. The Morgan fingerprint density at radius 2 is 2.55 bits per heavy atom. The first kappa shape index (κ1) is 9.76. The number of alkyl halides is 1. The van der Waals surface area contributed by atoms with Gasteiger partial charge in [0, 0.05) is 0 Å². The predicted octanol–water partition coefficient (Wildman–Crippen LogP) is 0.150. The van der Waals surface area contributed by atoms with Crippen LogP contribution in [0.4, 0.5) is 4.39 Å². The van der Waals surface area contributed by atoms with Crippen LogP contribution in [-0.2, 0) is 0 Å². The van der Waals surface area contributed by atoms with Crippen LogP contribution in [0, 0.1) is 12.3 Å². The fourth-order valence-electron chi connectivity index (χ4n) is 0.387. The Kier molecular flexibility index (Phi) is 4.92. The Balaban J connectivity index is 4.13. The van der Waals surface area contributed by atoms with Crippen molar-refractivity contribution in [2.75, 3.05) is 7.05 Å². The Morgan fingerprint density at radius 3 is 2.91 bits per heavy atom. The normalized spacial score (nSPS) is 14.1. The van der Waals surface area contributed by atoms with E-state index in [9.17, 15) is 4.39 Å². The molecule has 0 aliphatic heterocycles. The summed E-state index contributed by atoms with van der Waals surface area (Å²) in [6.45, 7) is 4.90. The van der Waals surface area contributed by atoms with Crippen molar-refractivity contribution in [3.8, 4) is 12.3 Å². The number of hydrogen-bond donors (Lipinski definition) is 0. The molecular formula is C7H8BFN2. The quantitative estimate of drug-likeness (QED) is 0.237. The molecule has 0 heterocycles. The molecule has 0 N–H and O–H groups in total. The second-order valence-electron chi connectivity index (χ2n) is 1.63. The molecule has 0 amide bonds. The van der Waals surface area contributed by atoms with E-state index in [2.05, 4.69) is 16.5 Å². The standard InChI is InChI=1S/C7H8BFN2/c1-4-7(9)11-5-6(8-2)10-3/h1,5,7H,2H2,3H3. The summed E-state index contributed by atoms with van der Waals surface area (Å²) in [5.74, 6) is 1.81. The molecule has 0 aromatic rings. The predicted molar refractivity (Wildman–Crippen MR) is 48.5 cm³/mol. The van der Waals surface area contributed by atoms with Crippen LogP contribution in [0.3, 0.4) is 0 Å². The van der Waals surface area contributed by atoms with Crippen LogP contribution in [0.1, 0.15) is 0 Å². The van der Waals surface area contributed by atoms with Gasteiger partial charge < -0.3 is 0 Å². The van der Waals surface area contributed by atoms with Gasteiger partial charge in [-0.2, -0.15) is 0 Å². The zero-order valence-electron chi connectivity index (χ0n) is 6.29. The molecule has 1 atom stereocenters. The third kappa shape index (κ3) is 4.21. The maximum atomic E-state index is 12.2. The summed E-state index contributed by atoms with van der Waals surface area (Å²) in [5.41, 5.74) is 0.503. The second kappa shape index (κ2) is 5.54. The molecule has 11 heavy (non-hydrogen) atoms. The third-order valence-corrected chi connectivity index (χ3v) is 0.943. The van der Waals surface area contributed by atoms with Gasteiger partial charge in [0.1, 0.15) is 0 Å². The summed E-state index contributed by atoms with van der Waals surface area (Å²) in [7, 11) is 1.56. The third-order valence-electron chi connectivity index (χ3n) is 0.943.